The van der Waals surface area contributed by atoms with E-state index in [2.05, 4.69) is 21.7 Å². The Morgan fingerprint density at radius 3 is 2.48 bits per heavy atom. The highest BCUT2D eigenvalue weighted by Gasteiger charge is 2.28. The number of amides is 1. The SMILES string of the molecule is Cc1cc(C)cc(NC(N)=NCCNC(=O)C2CC2)c1.I. The lowest BCUT2D eigenvalue weighted by Gasteiger charge is -2.08. The number of rotatable bonds is 5. The van der Waals surface area contributed by atoms with Crippen molar-refractivity contribution in [3.05, 3.63) is 29.3 Å². The number of aliphatic imine (C=N–C) groups is 1. The highest BCUT2D eigenvalue weighted by molar-refractivity contribution is 14.0. The quantitative estimate of drug-likeness (QED) is 0.306. The number of hydrogen-bond donors (Lipinski definition) is 3. The second-order valence-corrected chi connectivity index (χ2v) is 5.33. The van der Waals surface area contributed by atoms with Crippen molar-refractivity contribution in [2.45, 2.75) is 26.7 Å². The van der Waals surface area contributed by atoms with Gasteiger partial charge in [-0.05, 0) is 49.9 Å². The minimum atomic E-state index is 0. The Morgan fingerprint density at radius 2 is 1.90 bits per heavy atom. The zero-order chi connectivity index (χ0) is 14.5. The smallest absolute Gasteiger partial charge is 0.223 e. The zero-order valence-electron chi connectivity index (χ0n) is 12.5. The molecule has 1 fully saturated rings. The van der Waals surface area contributed by atoms with Crippen molar-refractivity contribution in [2.75, 3.05) is 18.4 Å². The maximum atomic E-state index is 11.4. The summed E-state index contributed by atoms with van der Waals surface area (Å²) in [7, 11) is 0. The number of anilines is 1. The number of nitrogens with one attached hydrogen (secondary N) is 2. The topological polar surface area (TPSA) is 79.5 Å². The summed E-state index contributed by atoms with van der Waals surface area (Å²) in [6.45, 7) is 5.10. The van der Waals surface area contributed by atoms with Gasteiger partial charge in [-0.15, -0.1) is 24.0 Å². The predicted octanol–water partition coefficient (Wildman–Crippen LogP) is 2.17. The first-order chi connectivity index (χ1) is 9.54. The fourth-order valence-corrected chi connectivity index (χ4v) is 2.08. The number of carbonyl (C=O) groups is 1. The highest BCUT2D eigenvalue weighted by atomic mass is 127. The summed E-state index contributed by atoms with van der Waals surface area (Å²) in [6.07, 6.45) is 2.04. The lowest BCUT2D eigenvalue weighted by molar-refractivity contribution is -0.122. The molecule has 0 unspecified atom stereocenters. The molecule has 4 N–H and O–H groups in total. The van der Waals surface area contributed by atoms with Crippen LogP contribution in [0.25, 0.3) is 0 Å². The molecule has 116 valence electrons. The third-order valence-corrected chi connectivity index (χ3v) is 3.14. The van der Waals surface area contributed by atoms with E-state index < -0.39 is 0 Å². The van der Waals surface area contributed by atoms with Gasteiger partial charge in [0.2, 0.25) is 5.91 Å². The molecule has 2 rings (SSSR count). The molecule has 0 atom stereocenters. The minimum Gasteiger partial charge on any atom is -0.370 e. The van der Waals surface area contributed by atoms with Crippen molar-refractivity contribution in [1.82, 2.24) is 5.32 Å². The van der Waals surface area contributed by atoms with Crippen molar-refractivity contribution in [2.24, 2.45) is 16.6 Å². The number of halogens is 1. The molecule has 1 amide bonds. The van der Waals surface area contributed by atoms with Crippen LogP contribution in [0.3, 0.4) is 0 Å². The van der Waals surface area contributed by atoms with Crippen LogP contribution < -0.4 is 16.4 Å². The molecule has 1 saturated carbocycles. The van der Waals surface area contributed by atoms with Crippen molar-refractivity contribution < 1.29 is 4.79 Å². The molecule has 6 heteroatoms. The lowest BCUT2D eigenvalue weighted by atomic mass is 10.1. The van der Waals surface area contributed by atoms with Gasteiger partial charge in [0.25, 0.3) is 0 Å². The van der Waals surface area contributed by atoms with Crippen LogP contribution in [0.5, 0.6) is 0 Å². The van der Waals surface area contributed by atoms with Gasteiger partial charge in [-0.2, -0.15) is 0 Å². The Labute approximate surface area is 142 Å². The maximum Gasteiger partial charge on any atom is 0.223 e. The highest BCUT2D eigenvalue weighted by Crippen LogP contribution is 2.28. The number of carbonyl (C=O) groups excluding carboxylic acids is 1. The summed E-state index contributed by atoms with van der Waals surface area (Å²) in [6, 6.07) is 6.14. The van der Waals surface area contributed by atoms with E-state index in [-0.39, 0.29) is 35.8 Å². The molecule has 1 aliphatic carbocycles. The van der Waals surface area contributed by atoms with Gasteiger partial charge in [0.05, 0.1) is 6.54 Å². The maximum absolute atomic E-state index is 11.4. The monoisotopic (exact) mass is 402 g/mol. The van der Waals surface area contributed by atoms with E-state index in [1.165, 1.54) is 11.1 Å². The molecule has 0 aliphatic heterocycles. The molecule has 21 heavy (non-hydrogen) atoms. The van der Waals surface area contributed by atoms with Gasteiger partial charge < -0.3 is 16.4 Å². The number of nitrogens with two attached hydrogens (primary N) is 1. The first-order valence-corrected chi connectivity index (χ1v) is 6.97. The van der Waals surface area contributed by atoms with Crippen LogP contribution in [0.15, 0.2) is 23.2 Å². The van der Waals surface area contributed by atoms with Gasteiger partial charge in [0, 0.05) is 18.2 Å². The second-order valence-electron chi connectivity index (χ2n) is 5.33. The van der Waals surface area contributed by atoms with Crippen molar-refractivity contribution >= 4 is 41.5 Å². The van der Waals surface area contributed by atoms with Crippen LogP contribution in [-0.4, -0.2) is 25.0 Å². The third kappa shape index (κ3) is 6.33. The lowest BCUT2D eigenvalue weighted by Crippen LogP contribution is -2.29. The fraction of sp³-hybridized carbons (Fsp3) is 0.467. The molecule has 0 radical (unpaired) electrons. The average Bonchev–Trinajstić information content (AvgIpc) is 3.17. The molecule has 1 aromatic rings. The van der Waals surface area contributed by atoms with Gasteiger partial charge in [-0.3, -0.25) is 9.79 Å². The summed E-state index contributed by atoms with van der Waals surface area (Å²) in [5.74, 6) is 0.751. The number of nitrogens with zero attached hydrogens (tertiary/aromatic N) is 1. The van der Waals surface area contributed by atoms with Gasteiger partial charge in [0.1, 0.15) is 0 Å². The summed E-state index contributed by atoms with van der Waals surface area (Å²) in [5.41, 5.74) is 9.11. The van der Waals surface area contributed by atoms with Crippen molar-refractivity contribution in [3.8, 4) is 0 Å². The summed E-state index contributed by atoms with van der Waals surface area (Å²) < 4.78 is 0. The van der Waals surface area contributed by atoms with Crippen LogP contribution in [0.1, 0.15) is 24.0 Å². The van der Waals surface area contributed by atoms with Gasteiger partial charge >= 0.3 is 0 Å². The van der Waals surface area contributed by atoms with Gasteiger partial charge in [-0.1, -0.05) is 6.07 Å². The molecule has 0 heterocycles. The number of hydrogen-bond acceptors (Lipinski definition) is 2. The minimum absolute atomic E-state index is 0. The van der Waals surface area contributed by atoms with Gasteiger partial charge in [0.15, 0.2) is 5.96 Å². The van der Waals surface area contributed by atoms with Gasteiger partial charge in [-0.25, -0.2) is 0 Å². The van der Waals surface area contributed by atoms with E-state index in [0.717, 1.165) is 18.5 Å². The number of benzene rings is 1. The van der Waals surface area contributed by atoms with E-state index in [4.69, 9.17) is 5.73 Å². The summed E-state index contributed by atoms with van der Waals surface area (Å²) >= 11 is 0. The Morgan fingerprint density at radius 1 is 1.29 bits per heavy atom. The molecule has 0 bridgehead atoms. The summed E-state index contributed by atoms with van der Waals surface area (Å²) in [4.78, 5) is 15.6. The Hall–Kier alpha value is -1.31. The predicted molar refractivity (Wildman–Crippen MR) is 97.2 cm³/mol. The molecular formula is C15H23IN4O. The van der Waals surface area contributed by atoms with Crippen molar-refractivity contribution in [1.29, 1.82) is 0 Å². The van der Waals surface area contributed by atoms with E-state index in [0.29, 0.717) is 19.0 Å². The number of guanidine groups is 1. The second kappa shape index (κ2) is 8.21. The Balaban J connectivity index is 0.00000220. The fourth-order valence-electron chi connectivity index (χ4n) is 2.08. The van der Waals surface area contributed by atoms with E-state index >= 15 is 0 Å². The van der Waals surface area contributed by atoms with E-state index in [9.17, 15) is 4.79 Å². The van der Waals surface area contributed by atoms with Crippen LogP contribution >= 0.6 is 24.0 Å². The normalized spacial score (nSPS) is 14.3. The first kappa shape index (κ1) is 17.7. The van der Waals surface area contributed by atoms with Crippen LogP contribution in [0.4, 0.5) is 5.69 Å². The van der Waals surface area contributed by atoms with E-state index in [1.54, 1.807) is 0 Å². The Kier molecular flexibility index (Phi) is 6.94. The average molecular weight is 402 g/mol. The van der Waals surface area contributed by atoms with Crippen molar-refractivity contribution in [3.63, 3.8) is 0 Å². The molecular weight excluding hydrogens is 379 g/mol. The molecule has 1 aliphatic rings. The number of aryl methyl sites for hydroxylation is 2. The van der Waals surface area contributed by atoms with Crippen LogP contribution in [-0.2, 0) is 4.79 Å². The van der Waals surface area contributed by atoms with Crippen LogP contribution in [0.2, 0.25) is 0 Å². The standard InChI is InChI=1S/C15H22N4O.HI/c1-10-7-11(2)9-13(8-10)19-15(16)18-6-5-17-14(20)12-3-4-12;/h7-9,12H,3-6H2,1-2H3,(H,17,20)(H3,16,18,19);1H. The molecule has 5 nitrogen and oxygen atoms in total. The molecule has 0 aromatic heterocycles. The zero-order valence-corrected chi connectivity index (χ0v) is 14.8. The largest absolute Gasteiger partial charge is 0.370 e. The molecule has 0 spiro atoms. The molecule has 0 saturated heterocycles. The van der Waals surface area contributed by atoms with Crippen LogP contribution in [0, 0.1) is 19.8 Å². The van der Waals surface area contributed by atoms with E-state index in [1.807, 2.05) is 26.0 Å². The first-order valence-electron chi connectivity index (χ1n) is 6.97. The Bertz CT molecular complexity index is 506. The third-order valence-electron chi connectivity index (χ3n) is 3.14. The molecule has 1 aromatic carbocycles. The summed E-state index contributed by atoms with van der Waals surface area (Å²) in [5, 5.41) is 5.91.